The Morgan fingerprint density at radius 2 is 1.86 bits per heavy atom. The van der Waals surface area contributed by atoms with Crippen molar-refractivity contribution in [3.63, 3.8) is 0 Å². The number of alkyl halides is 3. The molecule has 37 heavy (non-hydrogen) atoms. The Balaban J connectivity index is 1.14. The number of piperidine rings is 1. The molecule has 0 radical (unpaired) electrons. The fourth-order valence-electron chi connectivity index (χ4n) is 6.91. The maximum absolute atomic E-state index is 13.8. The number of likely N-dealkylation sites (tertiary alicyclic amines) is 1. The van der Waals surface area contributed by atoms with E-state index >= 15 is 0 Å². The predicted octanol–water partition coefficient (Wildman–Crippen LogP) is 6.25. The van der Waals surface area contributed by atoms with E-state index < -0.39 is 23.4 Å². The molecular weight excluding hydrogens is 477 g/mol. The van der Waals surface area contributed by atoms with Gasteiger partial charge in [-0.05, 0) is 74.1 Å². The number of carbonyl (C=O) groups excluding carboxylic acids is 1. The van der Waals surface area contributed by atoms with E-state index in [-0.39, 0.29) is 23.8 Å². The van der Waals surface area contributed by atoms with Crippen LogP contribution in [0.4, 0.5) is 13.2 Å². The average molecular weight is 511 g/mol. The highest BCUT2D eigenvalue weighted by Gasteiger charge is 2.55. The van der Waals surface area contributed by atoms with Crippen LogP contribution in [0.15, 0.2) is 48.5 Å². The summed E-state index contributed by atoms with van der Waals surface area (Å²) in [6.07, 6.45) is 3.21. The number of carbonyl (C=O) groups is 1. The molecule has 3 heterocycles. The standard InChI is InChI=1S/C30H33F3N2O2/c1-20(2)29(13-16-34-14-11-28(12-15-34)10-9-21-5-3-4-6-24(21)28)18-26-35(27(29)36)19-22-17-23(30(31,32)33)7-8-25(22)37-26/h3-10,17,20,26H,11-16,18-19H2,1-2H3/t26-,29?/m0/s1. The Morgan fingerprint density at radius 3 is 2.59 bits per heavy atom. The topological polar surface area (TPSA) is 32.8 Å². The van der Waals surface area contributed by atoms with Crippen LogP contribution in [0.2, 0.25) is 0 Å². The van der Waals surface area contributed by atoms with Gasteiger partial charge in [0.05, 0.1) is 17.5 Å². The molecular formula is C30H33F3N2O2. The molecule has 1 aliphatic carbocycles. The van der Waals surface area contributed by atoms with E-state index in [0.717, 1.165) is 51.0 Å². The van der Waals surface area contributed by atoms with Crippen molar-refractivity contribution in [1.29, 1.82) is 0 Å². The zero-order chi connectivity index (χ0) is 26.0. The molecule has 1 unspecified atom stereocenters. The van der Waals surface area contributed by atoms with Gasteiger partial charge in [0, 0.05) is 17.4 Å². The van der Waals surface area contributed by atoms with Gasteiger partial charge in [0.1, 0.15) is 5.75 Å². The molecule has 2 saturated heterocycles. The number of amides is 1. The third-order valence-electron chi connectivity index (χ3n) is 9.37. The van der Waals surface area contributed by atoms with E-state index in [4.69, 9.17) is 4.74 Å². The number of allylic oxidation sites excluding steroid dienone is 1. The van der Waals surface area contributed by atoms with E-state index in [2.05, 4.69) is 55.2 Å². The second kappa shape index (κ2) is 8.62. The highest BCUT2D eigenvalue weighted by Crippen LogP contribution is 2.49. The third-order valence-corrected chi connectivity index (χ3v) is 9.37. The fraction of sp³-hybridized carbons (Fsp3) is 0.500. The summed E-state index contributed by atoms with van der Waals surface area (Å²) in [7, 11) is 0. The molecule has 0 N–H and O–H groups in total. The quantitative estimate of drug-likeness (QED) is 0.488. The number of halogens is 3. The van der Waals surface area contributed by atoms with Crippen LogP contribution in [-0.4, -0.2) is 41.6 Å². The maximum Gasteiger partial charge on any atom is 0.416 e. The van der Waals surface area contributed by atoms with Gasteiger partial charge in [0.25, 0.3) is 0 Å². The highest BCUT2D eigenvalue weighted by molar-refractivity contribution is 5.86. The van der Waals surface area contributed by atoms with Crippen LogP contribution in [-0.2, 0) is 22.9 Å². The van der Waals surface area contributed by atoms with Gasteiger partial charge in [-0.2, -0.15) is 13.2 Å². The van der Waals surface area contributed by atoms with Gasteiger partial charge in [-0.3, -0.25) is 4.79 Å². The largest absolute Gasteiger partial charge is 0.470 e. The van der Waals surface area contributed by atoms with Gasteiger partial charge in [-0.15, -0.1) is 0 Å². The van der Waals surface area contributed by atoms with Crippen LogP contribution in [0, 0.1) is 11.3 Å². The molecule has 0 saturated carbocycles. The van der Waals surface area contributed by atoms with Gasteiger partial charge in [-0.25, -0.2) is 0 Å². The Morgan fingerprint density at radius 1 is 1.11 bits per heavy atom. The summed E-state index contributed by atoms with van der Waals surface area (Å²) in [6, 6.07) is 12.2. The summed E-state index contributed by atoms with van der Waals surface area (Å²) >= 11 is 0. The van der Waals surface area contributed by atoms with Gasteiger partial charge < -0.3 is 14.5 Å². The van der Waals surface area contributed by atoms with Crippen molar-refractivity contribution < 1.29 is 22.7 Å². The Labute approximate surface area is 216 Å². The lowest BCUT2D eigenvalue weighted by molar-refractivity contribution is -0.142. The molecule has 2 fully saturated rings. The predicted molar refractivity (Wildman–Crippen MR) is 136 cm³/mol. The van der Waals surface area contributed by atoms with Crippen molar-refractivity contribution in [2.45, 2.75) is 63.9 Å². The number of nitrogens with zero attached hydrogens (tertiary/aromatic N) is 2. The molecule has 0 bridgehead atoms. The summed E-state index contributed by atoms with van der Waals surface area (Å²) < 4.78 is 45.9. The monoisotopic (exact) mass is 510 g/mol. The molecule has 196 valence electrons. The lowest BCUT2D eigenvalue weighted by Gasteiger charge is -2.41. The van der Waals surface area contributed by atoms with Crippen LogP contribution >= 0.6 is 0 Å². The SMILES string of the molecule is CC(C)C1(CCN2CCC3(C=Cc4ccccc43)CC2)C[C@@H]2Oc3ccc(C(F)(F)F)cc3CN2C1=O. The lowest BCUT2D eigenvalue weighted by Crippen LogP contribution is -2.45. The smallest absolute Gasteiger partial charge is 0.416 e. The van der Waals surface area contributed by atoms with Crippen molar-refractivity contribution >= 4 is 12.0 Å². The first-order valence-corrected chi connectivity index (χ1v) is 13.3. The number of fused-ring (bicyclic) bond motifs is 4. The molecule has 2 aromatic rings. The second-order valence-corrected chi connectivity index (χ2v) is 11.5. The maximum atomic E-state index is 13.8. The van der Waals surface area contributed by atoms with Crippen LogP contribution in [0.3, 0.4) is 0 Å². The van der Waals surface area contributed by atoms with Gasteiger partial charge in [-0.1, -0.05) is 50.3 Å². The normalized spacial score (nSPS) is 26.4. The summed E-state index contributed by atoms with van der Waals surface area (Å²) in [5, 5.41) is 0. The minimum absolute atomic E-state index is 0.0108. The van der Waals surface area contributed by atoms with Gasteiger partial charge in [0.15, 0.2) is 6.23 Å². The first-order valence-electron chi connectivity index (χ1n) is 13.3. The number of benzene rings is 2. The second-order valence-electron chi connectivity index (χ2n) is 11.5. The van der Waals surface area contributed by atoms with E-state index in [1.807, 2.05) is 0 Å². The van der Waals surface area contributed by atoms with E-state index in [0.29, 0.717) is 17.7 Å². The summed E-state index contributed by atoms with van der Waals surface area (Å²) in [5.41, 5.74) is 2.02. The Kier molecular flexibility index (Phi) is 5.71. The number of ether oxygens (including phenoxy) is 1. The highest BCUT2D eigenvalue weighted by atomic mass is 19.4. The van der Waals surface area contributed by atoms with Crippen molar-refractivity contribution in [1.82, 2.24) is 9.80 Å². The average Bonchev–Trinajstić information content (AvgIpc) is 3.37. The molecule has 4 aliphatic rings. The molecule has 6 rings (SSSR count). The Hall–Kier alpha value is -2.80. The number of hydrogen-bond donors (Lipinski definition) is 0. The first-order chi connectivity index (χ1) is 17.6. The molecule has 1 spiro atoms. The molecule has 2 aromatic carbocycles. The minimum atomic E-state index is -4.42. The number of rotatable bonds is 4. The summed E-state index contributed by atoms with van der Waals surface area (Å²) in [5.74, 6) is 0.563. The molecule has 2 atom stereocenters. The molecule has 7 heteroatoms. The molecule has 1 amide bonds. The van der Waals surface area contributed by atoms with Crippen molar-refractivity contribution in [3.05, 3.63) is 70.8 Å². The van der Waals surface area contributed by atoms with E-state index in [9.17, 15) is 18.0 Å². The van der Waals surface area contributed by atoms with E-state index in [1.165, 1.54) is 17.2 Å². The zero-order valence-corrected chi connectivity index (χ0v) is 21.4. The van der Waals surface area contributed by atoms with Crippen molar-refractivity contribution in [2.75, 3.05) is 19.6 Å². The summed E-state index contributed by atoms with van der Waals surface area (Å²) in [6.45, 7) is 7.12. The third kappa shape index (κ3) is 3.97. The van der Waals surface area contributed by atoms with Crippen LogP contribution in [0.1, 0.15) is 61.8 Å². The summed E-state index contributed by atoms with van der Waals surface area (Å²) in [4.78, 5) is 17.9. The molecule has 3 aliphatic heterocycles. The number of hydrogen-bond acceptors (Lipinski definition) is 3. The van der Waals surface area contributed by atoms with Gasteiger partial charge in [0.2, 0.25) is 5.91 Å². The van der Waals surface area contributed by atoms with Crippen LogP contribution in [0.25, 0.3) is 6.08 Å². The van der Waals surface area contributed by atoms with Crippen molar-refractivity contribution in [2.24, 2.45) is 11.3 Å². The molecule has 4 nitrogen and oxygen atoms in total. The molecule has 0 aromatic heterocycles. The minimum Gasteiger partial charge on any atom is -0.470 e. The zero-order valence-electron chi connectivity index (χ0n) is 21.4. The van der Waals surface area contributed by atoms with Crippen molar-refractivity contribution in [3.8, 4) is 5.75 Å². The van der Waals surface area contributed by atoms with Crippen LogP contribution < -0.4 is 4.74 Å². The first kappa shape index (κ1) is 24.5. The van der Waals surface area contributed by atoms with E-state index in [1.54, 1.807) is 4.90 Å². The van der Waals surface area contributed by atoms with Crippen LogP contribution in [0.5, 0.6) is 5.75 Å². The van der Waals surface area contributed by atoms with Gasteiger partial charge >= 0.3 is 6.18 Å². The fourth-order valence-corrected chi connectivity index (χ4v) is 6.91. The Bertz CT molecular complexity index is 1250. The lowest BCUT2D eigenvalue weighted by atomic mass is 9.72.